The molecule has 0 aliphatic heterocycles. The molecule has 68 heavy (non-hydrogen) atoms. The summed E-state index contributed by atoms with van der Waals surface area (Å²) in [5, 5.41) is 28.2. The molecule has 11 aromatic rings. The van der Waals surface area contributed by atoms with E-state index in [0.29, 0.717) is 5.56 Å². The summed E-state index contributed by atoms with van der Waals surface area (Å²) >= 11 is 0. The van der Waals surface area contributed by atoms with Gasteiger partial charge in [-0.05, 0) is 196 Å². The van der Waals surface area contributed by atoms with Gasteiger partial charge in [0.1, 0.15) is 0 Å². The Morgan fingerprint density at radius 1 is 0.324 bits per heavy atom. The van der Waals surface area contributed by atoms with Gasteiger partial charge in [0.2, 0.25) is 0 Å². The lowest BCUT2D eigenvalue weighted by atomic mass is 9.76. The van der Waals surface area contributed by atoms with Crippen molar-refractivity contribution in [1.29, 1.82) is 5.26 Å². The number of rotatable bonds is 3. The van der Waals surface area contributed by atoms with Crippen molar-refractivity contribution in [1.82, 2.24) is 0 Å². The maximum Gasteiger partial charge on any atom is 0.0991 e. The largest absolute Gasteiger partial charge is 0.192 e. The Labute approximate surface area is 403 Å². The predicted molar refractivity (Wildman–Crippen MR) is 297 cm³/mol. The maximum absolute atomic E-state index is 9.97. The molecule has 0 aromatic heterocycles. The Bertz CT molecular complexity index is 3860. The van der Waals surface area contributed by atoms with E-state index < -0.39 is 0 Å². The molecule has 0 bridgehead atoms. The second kappa shape index (κ2) is 14.6. The van der Waals surface area contributed by atoms with Gasteiger partial charge in [0.25, 0.3) is 0 Å². The third-order valence-corrected chi connectivity index (χ3v) is 15.4. The molecule has 0 saturated carbocycles. The summed E-state index contributed by atoms with van der Waals surface area (Å²) in [6.07, 6.45) is 0. The van der Waals surface area contributed by atoms with Gasteiger partial charge in [0.05, 0.1) is 11.6 Å². The highest BCUT2D eigenvalue weighted by Gasteiger charge is 2.31. The molecule has 0 radical (unpaired) electrons. The van der Waals surface area contributed by atoms with E-state index in [4.69, 9.17) is 0 Å². The molecule has 0 aliphatic rings. The van der Waals surface area contributed by atoms with Gasteiger partial charge in [-0.2, -0.15) is 5.26 Å². The number of fused-ring (bicyclic) bond motifs is 8. The highest BCUT2D eigenvalue weighted by Crippen LogP contribution is 2.56. The lowest BCUT2D eigenvalue weighted by Crippen LogP contribution is -2.16. The molecule has 0 aliphatic carbocycles. The van der Waals surface area contributed by atoms with E-state index in [1.165, 1.54) is 131 Å². The van der Waals surface area contributed by atoms with E-state index in [1.807, 2.05) is 12.1 Å². The molecule has 0 atom stereocenters. The monoisotopic (exact) mass is 881 g/mol. The van der Waals surface area contributed by atoms with Gasteiger partial charge in [0, 0.05) is 0 Å². The third kappa shape index (κ3) is 6.55. The summed E-state index contributed by atoms with van der Waals surface area (Å²) < 4.78 is 0. The van der Waals surface area contributed by atoms with E-state index in [2.05, 4.69) is 218 Å². The van der Waals surface area contributed by atoms with Crippen molar-refractivity contribution >= 4 is 75.4 Å². The minimum atomic E-state index is -0.0761. The number of aryl methyl sites for hydroxylation is 2. The van der Waals surface area contributed by atoms with E-state index in [1.54, 1.807) is 0 Å². The Hall–Kier alpha value is -6.75. The zero-order valence-corrected chi connectivity index (χ0v) is 42.6. The van der Waals surface area contributed by atoms with Crippen LogP contribution in [0.2, 0.25) is 0 Å². The van der Waals surface area contributed by atoms with Gasteiger partial charge >= 0.3 is 0 Å². The summed E-state index contributed by atoms with van der Waals surface area (Å²) in [5.74, 6) is 0. The van der Waals surface area contributed by atoms with Crippen molar-refractivity contribution in [3.05, 3.63) is 166 Å². The fraction of sp³-hybridized carbons (Fsp3) is 0.269. The number of hydrogen-bond donors (Lipinski definition) is 0. The molecular weight excluding hydrogens is 819 g/mol. The first kappa shape index (κ1) is 43.8. The minimum Gasteiger partial charge on any atom is -0.192 e. The highest BCUT2D eigenvalue weighted by atomic mass is 14.3. The molecule has 0 fully saturated rings. The van der Waals surface area contributed by atoms with E-state index in [-0.39, 0.29) is 21.7 Å². The van der Waals surface area contributed by atoms with Crippen molar-refractivity contribution in [3.8, 4) is 39.4 Å². The summed E-state index contributed by atoms with van der Waals surface area (Å²) in [5.41, 5.74) is 15.6. The van der Waals surface area contributed by atoms with Crippen molar-refractivity contribution in [2.75, 3.05) is 0 Å². The van der Waals surface area contributed by atoms with Crippen LogP contribution in [-0.4, -0.2) is 0 Å². The summed E-state index contributed by atoms with van der Waals surface area (Å²) in [4.78, 5) is 0. The van der Waals surface area contributed by atoms with Crippen LogP contribution >= 0.6 is 0 Å². The number of hydrogen-bond acceptors (Lipinski definition) is 1. The average Bonchev–Trinajstić information content (AvgIpc) is 3.78. The van der Waals surface area contributed by atoms with Crippen LogP contribution in [0.1, 0.15) is 122 Å². The highest BCUT2D eigenvalue weighted by molar-refractivity contribution is 6.45. The molecule has 11 aromatic carbocycles. The Kier molecular flexibility index (Phi) is 9.42. The first-order chi connectivity index (χ1) is 32.0. The topological polar surface area (TPSA) is 23.8 Å². The molecule has 0 spiro atoms. The molecule has 336 valence electrons. The minimum absolute atomic E-state index is 0.0744. The predicted octanol–water partition coefficient (Wildman–Crippen LogP) is 19.3. The second-order valence-electron chi connectivity index (χ2n) is 24.2. The molecule has 0 heterocycles. The molecule has 1 nitrogen and oxygen atoms in total. The second-order valence-corrected chi connectivity index (χ2v) is 24.2. The molecule has 0 unspecified atom stereocenters. The third-order valence-electron chi connectivity index (χ3n) is 15.4. The van der Waals surface area contributed by atoms with Gasteiger partial charge in [-0.3, -0.25) is 0 Å². The first-order valence-electron chi connectivity index (χ1n) is 24.6. The van der Waals surface area contributed by atoms with Crippen molar-refractivity contribution in [3.63, 3.8) is 0 Å². The van der Waals surface area contributed by atoms with Crippen LogP contribution in [0.3, 0.4) is 0 Å². The van der Waals surface area contributed by atoms with Crippen LogP contribution in [-0.2, 0) is 21.7 Å². The Morgan fingerprint density at radius 2 is 0.735 bits per heavy atom. The lowest BCUT2D eigenvalue weighted by molar-refractivity contribution is 0.568. The molecular formula is C67H63N. The molecule has 1 heteroatoms. The zero-order chi connectivity index (χ0) is 48.1. The molecule has 0 amide bonds. The smallest absolute Gasteiger partial charge is 0.0991 e. The van der Waals surface area contributed by atoms with Crippen LogP contribution in [0.25, 0.3) is 109 Å². The zero-order valence-electron chi connectivity index (χ0n) is 42.6. The van der Waals surface area contributed by atoms with Crippen LogP contribution in [0, 0.1) is 25.2 Å². The van der Waals surface area contributed by atoms with E-state index in [9.17, 15) is 5.26 Å². The van der Waals surface area contributed by atoms with Crippen molar-refractivity contribution in [2.24, 2.45) is 0 Å². The summed E-state index contributed by atoms with van der Waals surface area (Å²) in [6, 6.07) is 52.0. The summed E-state index contributed by atoms with van der Waals surface area (Å²) in [7, 11) is 0. The van der Waals surface area contributed by atoms with Crippen LogP contribution in [0.15, 0.2) is 127 Å². The van der Waals surface area contributed by atoms with Crippen LogP contribution in [0.4, 0.5) is 0 Å². The fourth-order valence-electron chi connectivity index (χ4n) is 11.7. The van der Waals surface area contributed by atoms with Gasteiger partial charge in [0.15, 0.2) is 0 Å². The van der Waals surface area contributed by atoms with Gasteiger partial charge in [-0.1, -0.05) is 192 Å². The first-order valence-corrected chi connectivity index (χ1v) is 24.6. The quantitative estimate of drug-likeness (QED) is 0.162. The maximum atomic E-state index is 9.97. The molecule has 11 rings (SSSR count). The van der Waals surface area contributed by atoms with Gasteiger partial charge in [-0.25, -0.2) is 0 Å². The van der Waals surface area contributed by atoms with E-state index >= 15 is 0 Å². The van der Waals surface area contributed by atoms with Crippen LogP contribution < -0.4 is 0 Å². The standard InChI is InChI=1S/C67H63N/c1-37-27-39(36-68)28-38(2)56(37)50-25-26-53-59-49(50)22-18-24-52(59)62-57(40-29-42(64(3,4)5)33-43(30-40)65(6,7)8)55-35-54-47-20-16-15-19-46(47)48-21-17-23-51(60(48)54)61(55)58(63(53)62)41-31-44(66(9,10)11)34-45(32-41)67(12,13)14/h15-35H,1-14H3. The SMILES string of the molecule is Cc1cc(C#N)cc(C)c1-c1ccc2c3c(-c4cc(C(C)(C)C)cc(C(C)(C)C)c4)c4c(cc5c6ccccc6c6cccc4c65)c(-c4cc(C(C)(C)C)cc(C(C)(C)C)c4)c3c3cccc1c32. The summed E-state index contributed by atoms with van der Waals surface area (Å²) in [6.45, 7) is 32.6. The Balaban J connectivity index is 1.47. The fourth-order valence-corrected chi connectivity index (χ4v) is 11.7. The number of nitrogens with zero attached hydrogens (tertiary/aromatic N) is 1. The lowest BCUT2D eigenvalue weighted by Gasteiger charge is -2.28. The van der Waals surface area contributed by atoms with Gasteiger partial charge < -0.3 is 0 Å². The van der Waals surface area contributed by atoms with Gasteiger partial charge in [-0.15, -0.1) is 0 Å². The Morgan fingerprint density at radius 3 is 1.25 bits per heavy atom. The molecule has 0 saturated heterocycles. The number of nitriles is 1. The van der Waals surface area contributed by atoms with E-state index in [0.717, 1.165) is 11.1 Å². The average molecular weight is 882 g/mol. The normalized spacial score (nSPS) is 13.1. The van der Waals surface area contributed by atoms with Crippen molar-refractivity contribution < 1.29 is 0 Å². The van der Waals surface area contributed by atoms with Crippen LogP contribution in [0.5, 0.6) is 0 Å². The number of benzene rings is 9. The van der Waals surface area contributed by atoms with Crippen molar-refractivity contribution in [2.45, 2.75) is 119 Å². The molecule has 0 N–H and O–H groups in total.